The number of hydrogen-bond donors (Lipinski definition) is 4. The summed E-state index contributed by atoms with van der Waals surface area (Å²) in [6.07, 6.45) is 1.11. The highest BCUT2D eigenvalue weighted by atomic mass is 28.4. The third kappa shape index (κ3) is 12.1. The number of aliphatic hydroxyl groups excluding tert-OH is 1. The lowest BCUT2D eigenvalue weighted by Gasteiger charge is -2.43. The number of piperidine rings is 1. The fourth-order valence-corrected chi connectivity index (χ4v) is 12.0. The molecule has 0 saturated carbocycles. The standard InChI is InChI=1S/C49H60FN5O6Si/c1-49(2,3)62(44-12-8-6-9-13-44,45-14-10-7-11-15-45)61-42-24-22-41(23-25-42)59-35-40(56)34-51-29-26-36-16-19-38(20-17-36)53-39-27-30-55(31-28-39)47(57)52-33-37-18-21-43(32-46(37)50)60-48(58)54(4)5/h6-25,32,39-40,51,53,56H,26-31,33-35H2,1-5H3,(H,52,57)/t40-/m0/s1. The molecule has 0 bridgehead atoms. The van der Waals surface area contributed by atoms with E-state index in [1.807, 2.05) is 36.4 Å². The van der Waals surface area contributed by atoms with Crippen molar-refractivity contribution in [3.8, 4) is 17.2 Å². The van der Waals surface area contributed by atoms with Gasteiger partial charge in [0, 0.05) is 63.6 Å². The summed E-state index contributed by atoms with van der Waals surface area (Å²) in [7, 11) is 0.344. The van der Waals surface area contributed by atoms with E-state index in [2.05, 4.69) is 110 Å². The van der Waals surface area contributed by atoms with Gasteiger partial charge in [0.05, 0.1) is 0 Å². The van der Waals surface area contributed by atoms with Crippen molar-refractivity contribution in [3.63, 3.8) is 0 Å². The first-order valence-corrected chi connectivity index (χ1v) is 23.2. The number of amides is 3. The van der Waals surface area contributed by atoms with E-state index in [0.29, 0.717) is 37.5 Å². The summed E-state index contributed by atoms with van der Waals surface area (Å²) in [5.41, 5.74) is 2.51. The fraction of sp³-hybridized carbons (Fsp3) is 0.347. The van der Waals surface area contributed by atoms with E-state index in [0.717, 1.165) is 36.8 Å². The molecule has 0 radical (unpaired) electrons. The van der Waals surface area contributed by atoms with Crippen LogP contribution in [0.3, 0.4) is 0 Å². The Hall–Kier alpha value is -5.89. The summed E-state index contributed by atoms with van der Waals surface area (Å²) in [4.78, 5) is 27.5. The second-order valence-corrected chi connectivity index (χ2v) is 21.2. The van der Waals surface area contributed by atoms with Crippen molar-refractivity contribution in [1.29, 1.82) is 0 Å². The molecule has 1 fully saturated rings. The second kappa shape index (κ2) is 21.3. The first kappa shape index (κ1) is 45.6. The van der Waals surface area contributed by atoms with Gasteiger partial charge in [-0.15, -0.1) is 0 Å². The van der Waals surface area contributed by atoms with Crippen molar-refractivity contribution >= 4 is 36.5 Å². The molecule has 0 aromatic heterocycles. The molecule has 13 heteroatoms. The predicted octanol–water partition coefficient (Wildman–Crippen LogP) is 7.18. The molecular formula is C49H60FN5O6Si. The number of rotatable bonds is 17. The van der Waals surface area contributed by atoms with Gasteiger partial charge in [-0.05, 0) is 89.2 Å². The zero-order valence-corrected chi connectivity index (χ0v) is 37.4. The van der Waals surface area contributed by atoms with Crippen LogP contribution in [0.4, 0.5) is 19.7 Å². The fourth-order valence-electron chi connectivity index (χ4n) is 7.62. The molecule has 0 aliphatic carbocycles. The molecule has 4 N–H and O–H groups in total. The summed E-state index contributed by atoms with van der Waals surface area (Å²) in [6, 6.07) is 41.3. The van der Waals surface area contributed by atoms with Gasteiger partial charge in [-0.1, -0.05) is 99.6 Å². The summed E-state index contributed by atoms with van der Waals surface area (Å²) < 4.78 is 32.7. The van der Waals surface area contributed by atoms with Gasteiger partial charge < -0.3 is 44.8 Å². The summed E-state index contributed by atoms with van der Waals surface area (Å²) in [5.74, 6) is 0.996. The molecule has 1 saturated heterocycles. The number of nitrogens with zero attached hydrogens (tertiary/aromatic N) is 2. The van der Waals surface area contributed by atoms with Crippen LogP contribution in [0, 0.1) is 5.82 Å². The van der Waals surface area contributed by atoms with E-state index >= 15 is 0 Å². The van der Waals surface area contributed by atoms with Gasteiger partial charge >= 0.3 is 20.4 Å². The lowest BCUT2D eigenvalue weighted by atomic mass is 10.0. The third-order valence-corrected chi connectivity index (χ3v) is 16.0. The Morgan fingerprint density at radius 2 is 1.44 bits per heavy atom. The van der Waals surface area contributed by atoms with E-state index < -0.39 is 26.3 Å². The van der Waals surface area contributed by atoms with Crippen molar-refractivity contribution in [1.82, 2.24) is 20.4 Å². The van der Waals surface area contributed by atoms with Gasteiger partial charge in [-0.25, -0.2) is 14.0 Å². The Morgan fingerprint density at radius 3 is 2.02 bits per heavy atom. The number of ether oxygens (including phenoxy) is 2. The normalized spacial score (nSPS) is 13.8. The van der Waals surface area contributed by atoms with Gasteiger partial charge in [0.15, 0.2) is 0 Å². The molecule has 1 heterocycles. The predicted molar refractivity (Wildman–Crippen MR) is 246 cm³/mol. The topological polar surface area (TPSA) is 125 Å². The maximum atomic E-state index is 14.6. The Bertz CT molecular complexity index is 2140. The molecule has 6 rings (SSSR count). The minimum atomic E-state index is -2.74. The number of anilines is 1. The average molecular weight is 862 g/mol. The lowest BCUT2D eigenvalue weighted by Crippen LogP contribution is -2.68. The monoisotopic (exact) mass is 861 g/mol. The largest absolute Gasteiger partial charge is 0.534 e. The van der Waals surface area contributed by atoms with Crippen molar-refractivity contribution in [2.75, 3.05) is 52.2 Å². The number of nitrogens with one attached hydrogen (secondary N) is 3. The Balaban J connectivity index is 0.876. The molecule has 62 heavy (non-hydrogen) atoms. The number of carbonyl (C=O) groups excluding carboxylic acids is 2. The Kier molecular flexibility index (Phi) is 15.6. The molecule has 328 valence electrons. The highest BCUT2D eigenvalue weighted by molar-refractivity contribution is 7.00. The van der Waals surface area contributed by atoms with Crippen molar-refractivity contribution in [2.45, 2.75) is 63.8 Å². The highest BCUT2D eigenvalue weighted by Crippen LogP contribution is 2.38. The summed E-state index contributed by atoms with van der Waals surface area (Å²) >= 11 is 0. The van der Waals surface area contributed by atoms with Gasteiger partial charge in [0.25, 0.3) is 0 Å². The van der Waals surface area contributed by atoms with E-state index in [-0.39, 0.29) is 36.0 Å². The molecule has 1 atom stereocenters. The van der Waals surface area contributed by atoms with Gasteiger partial charge in [0.1, 0.15) is 35.8 Å². The minimum absolute atomic E-state index is 0.0274. The van der Waals surface area contributed by atoms with Crippen LogP contribution in [-0.2, 0) is 13.0 Å². The van der Waals surface area contributed by atoms with Crippen LogP contribution in [-0.4, -0.2) is 94.4 Å². The highest BCUT2D eigenvalue weighted by Gasteiger charge is 2.52. The second-order valence-electron chi connectivity index (χ2n) is 16.9. The Morgan fingerprint density at radius 1 is 0.839 bits per heavy atom. The quantitative estimate of drug-likeness (QED) is 0.0573. The summed E-state index contributed by atoms with van der Waals surface area (Å²) in [5, 5.41) is 22.7. The number of urea groups is 1. The van der Waals surface area contributed by atoms with Crippen molar-refractivity contribution in [3.05, 3.63) is 144 Å². The maximum Gasteiger partial charge on any atom is 0.414 e. The SMILES string of the molecule is CN(C)C(=O)Oc1ccc(CNC(=O)N2CCC(Nc3ccc(CCNC[C@H](O)COc4ccc(O[Si](c5ccccc5)(c5ccccc5)C(C)(C)C)cc4)cc3)CC2)c(F)c1. The number of halogens is 1. The number of likely N-dealkylation sites (tertiary alicyclic amines) is 1. The first-order chi connectivity index (χ1) is 29.8. The molecule has 5 aromatic carbocycles. The van der Waals surface area contributed by atoms with Crippen LogP contribution >= 0.6 is 0 Å². The molecule has 1 aliphatic rings. The zero-order valence-electron chi connectivity index (χ0n) is 36.4. The van der Waals surface area contributed by atoms with E-state index in [1.54, 1.807) is 19.0 Å². The average Bonchev–Trinajstić information content (AvgIpc) is 3.27. The van der Waals surface area contributed by atoms with Gasteiger partial charge in [0.2, 0.25) is 0 Å². The molecule has 5 aromatic rings. The summed E-state index contributed by atoms with van der Waals surface area (Å²) in [6.45, 7) is 9.24. The lowest BCUT2D eigenvalue weighted by molar-refractivity contribution is 0.106. The molecular weight excluding hydrogens is 802 g/mol. The van der Waals surface area contributed by atoms with Gasteiger partial charge in [-0.3, -0.25) is 0 Å². The molecule has 0 unspecified atom stereocenters. The smallest absolute Gasteiger partial charge is 0.414 e. The zero-order chi connectivity index (χ0) is 44.1. The maximum absolute atomic E-state index is 14.6. The first-order valence-electron chi connectivity index (χ1n) is 21.3. The molecule has 3 amide bonds. The number of carbonyl (C=O) groups is 2. The third-order valence-electron chi connectivity index (χ3n) is 11.1. The van der Waals surface area contributed by atoms with Crippen LogP contribution in [0.2, 0.25) is 5.04 Å². The number of aliphatic hydroxyl groups is 1. The van der Waals surface area contributed by atoms with Crippen LogP contribution in [0.25, 0.3) is 0 Å². The van der Waals surface area contributed by atoms with Crippen LogP contribution in [0.5, 0.6) is 17.2 Å². The van der Waals surface area contributed by atoms with Crippen LogP contribution in [0.1, 0.15) is 44.7 Å². The number of benzene rings is 5. The van der Waals surface area contributed by atoms with Crippen LogP contribution < -0.4 is 40.2 Å². The Labute approximate surface area is 366 Å². The molecule has 11 nitrogen and oxygen atoms in total. The number of hydrogen-bond acceptors (Lipinski definition) is 8. The van der Waals surface area contributed by atoms with Crippen molar-refractivity contribution in [2.24, 2.45) is 0 Å². The van der Waals surface area contributed by atoms with Crippen LogP contribution in [0.15, 0.2) is 127 Å². The van der Waals surface area contributed by atoms with E-state index in [4.69, 9.17) is 13.9 Å². The van der Waals surface area contributed by atoms with E-state index in [9.17, 15) is 19.1 Å². The van der Waals surface area contributed by atoms with Crippen molar-refractivity contribution < 1.29 is 33.0 Å². The van der Waals surface area contributed by atoms with E-state index in [1.165, 1.54) is 33.0 Å². The van der Waals surface area contributed by atoms with Gasteiger partial charge in [-0.2, -0.15) is 0 Å². The molecule has 0 spiro atoms. The molecule has 1 aliphatic heterocycles. The minimum Gasteiger partial charge on any atom is -0.534 e.